The van der Waals surface area contributed by atoms with E-state index < -0.39 is 0 Å². The van der Waals surface area contributed by atoms with Crippen LogP contribution in [-0.4, -0.2) is 38.1 Å². The van der Waals surface area contributed by atoms with Gasteiger partial charge in [-0.3, -0.25) is 9.69 Å². The lowest BCUT2D eigenvalue weighted by atomic mass is 10.1. The predicted octanol–water partition coefficient (Wildman–Crippen LogP) is 4.11. The van der Waals surface area contributed by atoms with Gasteiger partial charge in [0.2, 0.25) is 5.91 Å². The zero-order valence-corrected chi connectivity index (χ0v) is 16.8. The quantitative estimate of drug-likeness (QED) is 0.750. The summed E-state index contributed by atoms with van der Waals surface area (Å²) >= 11 is 0. The molecular weight excluding hydrogens is 324 g/mol. The highest BCUT2D eigenvalue weighted by atomic mass is 16.5. The smallest absolute Gasteiger partial charge is 0.241 e. The summed E-state index contributed by atoms with van der Waals surface area (Å²) < 4.78 is 5.43. The summed E-state index contributed by atoms with van der Waals surface area (Å²) in [5.74, 6) is 1.05. The molecule has 0 spiro atoms. The zero-order chi connectivity index (χ0) is 19.3. The van der Waals surface area contributed by atoms with E-state index in [0.717, 1.165) is 34.7 Å². The Bertz CT molecular complexity index is 747. The minimum Gasteiger partial charge on any atom is -0.496 e. The number of likely N-dealkylation sites (N-methyl/N-ethyl adjacent to an activating group) is 2. The molecule has 0 unspecified atom stereocenters. The fraction of sp³-hybridized carbons (Fsp3) is 0.409. The summed E-state index contributed by atoms with van der Waals surface area (Å²) in [5.41, 5.74) is 5.54. The molecule has 0 N–H and O–H groups in total. The lowest BCUT2D eigenvalue weighted by molar-refractivity contribution is -0.119. The van der Waals surface area contributed by atoms with Crippen LogP contribution in [0.25, 0.3) is 0 Å². The van der Waals surface area contributed by atoms with Crippen LogP contribution in [0.1, 0.15) is 29.2 Å². The number of benzene rings is 2. The molecule has 0 radical (unpaired) electrons. The Morgan fingerprint density at radius 2 is 1.65 bits per heavy atom. The molecule has 0 saturated carbocycles. The molecule has 0 aromatic heterocycles. The summed E-state index contributed by atoms with van der Waals surface area (Å²) in [5, 5.41) is 0. The summed E-state index contributed by atoms with van der Waals surface area (Å²) in [6.45, 7) is 9.93. The third-order valence-electron chi connectivity index (χ3n) is 4.61. The molecular formula is C22H30N2O2. The van der Waals surface area contributed by atoms with Crippen LogP contribution >= 0.6 is 0 Å². The number of ether oxygens (including phenoxy) is 1. The molecule has 0 aliphatic rings. The van der Waals surface area contributed by atoms with Crippen LogP contribution in [0.5, 0.6) is 5.75 Å². The van der Waals surface area contributed by atoms with E-state index in [9.17, 15) is 4.79 Å². The van der Waals surface area contributed by atoms with E-state index in [2.05, 4.69) is 30.9 Å². The largest absolute Gasteiger partial charge is 0.496 e. The molecule has 4 nitrogen and oxygen atoms in total. The second kappa shape index (κ2) is 8.86. The van der Waals surface area contributed by atoms with Crippen molar-refractivity contribution in [1.29, 1.82) is 0 Å². The van der Waals surface area contributed by atoms with Gasteiger partial charge in [-0.25, -0.2) is 0 Å². The van der Waals surface area contributed by atoms with Crippen LogP contribution in [0.15, 0.2) is 36.4 Å². The van der Waals surface area contributed by atoms with Crippen molar-refractivity contribution in [1.82, 2.24) is 4.90 Å². The van der Waals surface area contributed by atoms with Crippen LogP contribution in [0, 0.1) is 20.8 Å². The van der Waals surface area contributed by atoms with E-state index in [1.807, 2.05) is 50.1 Å². The topological polar surface area (TPSA) is 32.8 Å². The summed E-state index contributed by atoms with van der Waals surface area (Å²) in [6, 6.07) is 12.3. The fourth-order valence-electron chi connectivity index (χ4n) is 3.48. The van der Waals surface area contributed by atoms with Crippen LogP contribution in [0.3, 0.4) is 0 Å². The van der Waals surface area contributed by atoms with Gasteiger partial charge in [-0.05, 0) is 63.1 Å². The molecule has 0 fully saturated rings. The molecule has 140 valence electrons. The average Bonchev–Trinajstić information content (AvgIpc) is 2.56. The number of aryl methyl sites for hydroxylation is 3. The highest BCUT2D eigenvalue weighted by molar-refractivity contribution is 5.95. The first-order valence-corrected chi connectivity index (χ1v) is 9.06. The first-order chi connectivity index (χ1) is 12.4. The predicted molar refractivity (Wildman–Crippen MR) is 108 cm³/mol. The van der Waals surface area contributed by atoms with Crippen molar-refractivity contribution in [2.75, 3.05) is 32.1 Å². The molecule has 2 rings (SSSR count). The van der Waals surface area contributed by atoms with Crippen molar-refractivity contribution in [2.24, 2.45) is 0 Å². The van der Waals surface area contributed by atoms with Gasteiger partial charge in [0.05, 0.1) is 13.7 Å². The maximum Gasteiger partial charge on any atom is 0.241 e. The minimum absolute atomic E-state index is 0.117. The maximum atomic E-state index is 12.8. The summed E-state index contributed by atoms with van der Waals surface area (Å²) in [4.78, 5) is 16.7. The first-order valence-electron chi connectivity index (χ1n) is 9.06. The van der Waals surface area contributed by atoms with Crippen LogP contribution in [0.4, 0.5) is 5.69 Å². The standard InChI is InChI=1S/C22H30N2O2/c1-7-24(20-11-9-8-10-16(20)2)21(25)15-23(5)14-19-12-17(3)22(26-6)18(4)13-19/h8-13H,7,14-15H2,1-6H3. The lowest BCUT2D eigenvalue weighted by Gasteiger charge is -2.26. The molecule has 0 atom stereocenters. The zero-order valence-electron chi connectivity index (χ0n) is 16.8. The van der Waals surface area contributed by atoms with Gasteiger partial charge in [0.25, 0.3) is 0 Å². The maximum absolute atomic E-state index is 12.8. The second-order valence-corrected chi connectivity index (χ2v) is 6.86. The highest BCUT2D eigenvalue weighted by Gasteiger charge is 2.17. The Morgan fingerprint density at radius 3 is 2.19 bits per heavy atom. The third-order valence-corrected chi connectivity index (χ3v) is 4.61. The number of hydrogen-bond donors (Lipinski definition) is 0. The molecule has 26 heavy (non-hydrogen) atoms. The Morgan fingerprint density at radius 1 is 1.04 bits per heavy atom. The molecule has 2 aromatic carbocycles. The van der Waals surface area contributed by atoms with E-state index in [4.69, 9.17) is 4.74 Å². The van der Waals surface area contributed by atoms with E-state index in [0.29, 0.717) is 13.1 Å². The monoisotopic (exact) mass is 354 g/mol. The Labute approximate surface area is 157 Å². The molecule has 0 heterocycles. The summed E-state index contributed by atoms with van der Waals surface area (Å²) in [7, 11) is 3.68. The number of amides is 1. The SMILES string of the molecule is CCN(C(=O)CN(C)Cc1cc(C)c(OC)c(C)c1)c1ccccc1C. The van der Waals surface area contributed by atoms with Crippen molar-refractivity contribution in [3.05, 3.63) is 58.7 Å². The van der Waals surface area contributed by atoms with Crippen LogP contribution in [-0.2, 0) is 11.3 Å². The van der Waals surface area contributed by atoms with E-state index in [-0.39, 0.29) is 5.91 Å². The number of para-hydroxylation sites is 1. The van der Waals surface area contributed by atoms with Crippen molar-refractivity contribution in [3.63, 3.8) is 0 Å². The molecule has 0 bridgehead atoms. The number of anilines is 1. The van der Waals surface area contributed by atoms with E-state index in [1.165, 1.54) is 5.56 Å². The number of carbonyl (C=O) groups excluding carboxylic acids is 1. The fourth-order valence-corrected chi connectivity index (χ4v) is 3.48. The van der Waals surface area contributed by atoms with Gasteiger partial charge in [-0.2, -0.15) is 0 Å². The van der Waals surface area contributed by atoms with Crippen molar-refractivity contribution in [2.45, 2.75) is 34.2 Å². The van der Waals surface area contributed by atoms with E-state index >= 15 is 0 Å². The van der Waals surface area contributed by atoms with Gasteiger partial charge < -0.3 is 9.64 Å². The number of nitrogens with zero attached hydrogens (tertiary/aromatic N) is 2. The molecule has 4 heteroatoms. The summed E-state index contributed by atoms with van der Waals surface area (Å²) in [6.07, 6.45) is 0. The first kappa shape index (κ1) is 20.0. The average molecular weight is 354 g/mol. The Hall–Kier alpha value is -2.33. The van der Waals surface area contributed by atoms with Crippen molar-refractivity contribution < 1.29 is 9.53 Å². The van der Waals surface area contributed by atoms with Gasteiger partial charge in [0.1, 0.15) is 5.75 Å². The number of hydrogen-bond acceptors (Lipinski definition) is 3. The number of carbonyl (C=O) groups is 1. The van der Waals surface area contributed by atoms with Gasteiger partial charge in [0, 0.05) is 18.8 Å². The van der Waals surface area contributed by atoms with Crippen molar-refractivity contribution in [3.8, 4) is 5.75 Å². The molecule has 1 amide bonds. The normalized spacial score (nSPS) is 10.9. The Kier molecular flexibility index (Phi) is 6.81. The molecule has 2 aromatic rings. The van der Waals surface area contributed by atoms with Gasteiger partial charge in [-0.15, -0.1) is 0 Å². The number of rotatable bonds is 7. The lowest BCUT2D eigenvalue weighted by Crippen LogP contribution is -2.39. The highest BCUT2D eigenvalue weighted by Crippen LogP contribution is 2.25. The third kappa shape index (κ3) is 4.64. The minimum atomic E-state index is 0.117. The van der Waals surface area contributed by atoms with Crippen LogP contribution < -0.4 is 9.64 Å². The van der Waals surface area contributed by atoms with E-state index in [1.54, 1.807) is 7.11 Å². The van der Waals surface area contributed by atoms with Gasteiger partial charge >= 0.3 is 0 Å². The number of methoxy groups -OCH3 is 1. The second-order valence-electron chi connectivity index (χ2n) is 6.86. The van der Waals surface area contributed by atoms with Gasteiger partial charge in [-0.1, -0.05) is 30.3 Å². The van der Waals surface area contributed by atoms with Gasteiger partial charge in [0.15, 0.2) is 0 Å². The molecule has 0 saturated heterocycles. The molecule has 0 aliphatic heterocycles. The van der Waals surface area contributed by atoms with Crippen LogP contribution in [0.2, 0.25) is 0 Å². The van der Waals surface area contributed by atoms with Crippen molar-refractivity contribution >= 4 is 11.6 Å². The Balaban J connectivity index is 2.08. The molecule has 0 aliphatic carbocycles.